The molecule has 0 saturated heterocycles. The first-order valence-corrected chi connectivity index (χ1v) is 11.0. The van der Waals surface area contributed by atoms with E-state index in [1.165, 1.54) is 5.56 Å². The summed E-state index contributed by atoms with van der Waals surface area (Å²) >= 11 is 5.17. The molecule has 2 aromatic carbocycles. The minimum absolute atomic E-state index is 0.0134. The molecule has 0 fully saturated rings. The lowest BCUT2D eigenvalue weighted by molar-refractivity contribution is -0.145. The van der Waals surface area contributed by atoms with Gasteiger partial charge in [-0.2, -0.15) is 0 Å². The van der Waals surface area contributed by atoms with Crippen molar-refractivity contribution < 1.29 is 19.1 Å². The molecule has 2 N–H and O–H groups in total. The Morgan fingerprint density at radius 1 is 0.968 bits per heavy atom. The summed E-state index contributed by atoms with van der Waals surface area (Å²) in [6, 6.07) is 17.4. The molecule has 0 aliphatic rings. The maximum absolute atomic E-state index is 12.0. The second-order valence-electron chi connectivity index (χ2n) is 7.04. The van der Waals surface area contributed by atoms with Gasteiger partial charge in [0.2, 0.25) is 5.91 Å². The molecular formula is C24H30N2O4S. The maximum atomic E-state index is 12.0. The van der Waals surface area contributed by atoms with Crippen molar-refractivity contribution in [1.82, 2.24) is 5.32 Å². The van der Waals surface area contributed by atoms with E-state index in [4.69, 9.17) is 21.7 Å². The number of hydrogen-bond acceptors (Lipinski definition) is 5. The number of amides is 1. The molecule has 166 valence electrons. The highest BCUT2D eigenvalue weighted by atomic mass is 32.1. The summed E-state index contributed by atoms with van der Waals surface area (Å²) in [5.41, 5.74) is 1.93. The van der Waals surface area contributed by atoms with E-state index in [0.717, 1.165) is 37.1 Å². The van der Waals surface area contributed by atoms with Gasteiger partial charge >= 0.3 is 5.97 Å². The molecule has 0 radical (unpaired) electrons. The minimum Gasteiger partial charge on any atom is -0.494 e. The monoisotopic (exact) mass is 442 g/mol. The average molecular weight is 443 g/mol. The summed E-state index contributed by atoms with van der Waals surface area (Å²) in [5, 5.41) is 5.70. The van der Waals surface area contributed by atoms with Crippen molar-refractivity contribution in [1.29, 1.82) is 0 Å². The predicted octanol–water partition coefficient (Wildman–Crippen LogP) is 4.63. The van der Waals surface area contributed by atoms with Gasteiger partial charge in [-0.1, -0.05) is 49.7 Å². The van der Waals surface area contributed by atoms with Crippen LogP contribution in [0.3, 0.4) is 0 Å². The van der Waals surface area contributed by atoms with Gasteiger partial charge in [0.25, 0.3) is 0 Å². The highest BCUT2D eigenvalue weighted by molar-refractivity contribution is 7.80. The number of rotatable bonds is 12. The number of ether oxygens (including phenoxy) is 2. The predicted molar refractivity (Wildman–Crippen MR) is 126 cm³/mol. The van der Waals surface area contributed by atoms with E-state index in [1.807, 2.05) is 54.6 Å². The largest absolute Gasteiger partial charge is 0.494 e. The van der Waals surface area contributed by atoms with E-state index in [-0.39, 0.29) is 29.8 Å². The number of thiocarbonyl (C=S) groups is 1. The number of anilines is 1. The van der Waals surface area contributed by atoms with Crippen molar-refractivity contribution in [3.63, 3.8) is 0 Å². The van der Waals surface area contributed by atoms with Gasteiger partial charge in [-0.3, -0.25) is 9.59 Å². The van der Waals surface area contributed by atoms with Crippen LogP contribution < -0.4 is 15.4 Å². The van der Waals surface area contributed by atoms with Gasteiger partial charge in [0.15, 0.2) is 5.11 Å². The van der Waals surface area contributed by atoms with Crippen LogP contribution in [0.25, 0.3) is 0 Å². The molecule has 0 heterocycles. The SMILES string of the molecule is CCCCOc1cccc(NC(=S)NC(=O)CCC(=O)OCCCc2ccccc2)c1. The second kappa shape index (κ2) is 14.1. The molecule has 0 bridgehead atoms. The van der Waals surface area contributed by atoms with E-state index >= 15 is 0 Å². The lowest BCUT2D eigenvalue weighted by Gasteiger charge is -2.11. The molecule has 31 heavy (non-hydrogen) atoms. The molecule has 7 heteroatoms. The number of esters is 1. The van der Waals surface area contributed by atoms with E-state index in [0.29, 0.717) is 13.2 Å². The molecule has 0 aliphatic carbocycles. The van der Waals surface area contributed by atoms with Crippen molar-refractivity contribution in [3.05, 3.63) is 60.2 Å². The van der Waals surface area contributed by atoms with Crippen molar-refractivity contribution in [2.24, 2.45) is 0 Å². The van der Waals surface area contributed by atoms with Gasteiger partial charge in [0.05, 0.1) is 19.6 Å². The van der Waals surface area contributed by atoms with Gasteiger partial charge in [-0.05, 0) is 49.2 Å². The Morgan fingerprint density at radius 2 is 1.77 bits per heavy atom. The molecule has 0 spiro atoms. The van der Waals surface area contributed by atoms with Crippen molar-refractivity contribution in [2.75, 3.05) is 18.5 Å². The quantitative estimate of drug-likeness (QED) is 0.283. The highest BCUT2D eigenvalue weighted by Crippen LogP contribution is 2.17. The van der Waals surface area contributed by atoms with Crippen LogP contribution in [-0.2, 0) is 20.7 Å². The normalized spacial score (nSPS) is 10.2. The number of carbonyl (C=O) groups is 2. The van der Waals surface area contributed by atoms with E-state index in [9.17, 15) is 9.59 Å². The van der Waals surface area contributed by atoms with Gasteiger partial charge < -0.3 is 20.1 Å². The molecule has 1 amide bonds. The lowest BCUT2D eigenvalue weighted by Crippen LogP contribution is -2.34. The van der Waals surface area contributed by atoms with E-state index in [2.05, 4.69) is 17.6 Å². The molecule has 0 atom stereocenters. The fraction of sp³-hybridized carbons (Fsp3) is 0.375. The number of hydrogen-bond donors (Lipinski definition) is 2. The fourth-order valence-corrected chi connectivity index (χ4v) is 2.98. The third-order valence-electron chi connectivity index (χ3n) is 4.38. The van der Waals surface area contributed by atoms with Crippen LogP contribution in [0.4, 0.5) is 5.69 Å². The number of nitrogens with one attached hydrogen (secondary N) is 2. The lowest BCUT2D eigenvalue weighted by atomic mass is 10.1. The van der Waals surface area contributed by atoms with Gasteiger partial charge in [0.1, 0.15) is 5.75 Å². The summed E-state index contributed by atoms with van der Waals surface area (Å²) in [5.74, 6) is 0.00990. The van der Waals surface area contributed by atoms with Crippen LogP contribution >= 0.6 is 12.2 Å². The Morgan fingerprint density at radius 3 is 2.55 bits per heavy atom. The molecule has 0 aliphatic heterocycles. The van der Waals surface area contributed by atoms with Crippen molar-refractivity contribution in [2.45, 2.75) is 45.4 Å². The molecular weight excluding hydrogens is 412 g/mol. The summed E-state index contributed by atoms with van der Waals surface area (Å²) in [6.45, 7) is 3.10. The highest BCUT2D eigenvalue weighted by Gasteiger charge is 2.10. The Labute approximate surface area is 189 Å². The van der Waals surface area contributed by atoms with Crippen molar-refractivity contribution >= 4 is 34.9 Å². The standard InChI is InChI=1S/C24H30N2O4S/c1-2-3-16-29-21-13-7-12-20(18-21)25-24(31)26-22(27)14-15-23(28)30-17-8-11-19-9-5-4-6-10-19/h4-7,9-10,12-13,18H,2-3,8,11,14-17H2,1H3,(H2,25,26,27,31). The van der Waals surface area contributed by atoms with Crippen LogP contribution in [0.15, 0.2) is 54.6 Å². The zero-order valence-corrected chi connectivity index (χ0v) is 18.7. The zero-order valence-electron chi connectivity index (χ0n) is 17.9. The minimum atomic E-state index is -0.390. The van der Waals surface area contributed by atoms with E-state index < -0.39 is 0 Å². The first kappa shape index (κ1) is 24.3. The first-order valence-electron chi connectivity index (χ1n) is 10.6. The topological polar surface area (TPSA) is 76.7 Å². The molecule has 0 aromatic heterocycles. The maximum Gasteiger partial charge on any atom is 0.306 e. The third kappa shape index (κ3) is 10.6. The molecule has 6 nitrogen and oxygen atoms in total. The van der Waals surface area contributed by atoms with Crippen molar-refractivity contribution in [3.8, 4) is 5.75 Å². The number of benzene rings is 2. The van der Waals surface area contributed by atoms with Gasteiger partial charge in [-0.15, -0.1) is 0 Å². The number of carbonyl (C=O) groups excluding carboxylic acids is 2. The van der Waals surface area contributed by atoms with Crippen LogP contribution in [0, 0.1) is 0 Å². The molecule has 2 rings (SSSR count). The molecule has 0 unspecified atom stereocenters. The summed E-state index contributed by atoms with van der Waals surface area (Å²) in [7, 11) is 0. The Hall–Kier alpha value is -2.93. The van der Waals surface area contributed by atoms with Gasteiger partial charge in [0, 0.05) is 18.2 Å². The van der Waals surface area contributed by atoms with Gasteiger partial charge in [-0.25, -0.2) is 0 Å². The summed E-state index contributed by atoms with van der Waals surface area (Å²) in [6.07, 6.45) is 3.67. The van der Waals surface area contributed by atoms with E-state index in [1.54, 1.807) is 0 Å². The van der Waals surface area contributed by atoms with Crippen LogP contribution in [0.2, 0.25) is 0 Å². The average Bonchev–Trinajstić information content (AvgIpc) is 2.76. The number of aryl methyl sites for hydroxylation is 1. The summed E-state index contributed by atoms with van der Waals surface area (Å²) in [4.78, 5) is 23.8. The zero-order chi connectivity index (χ0) is 22.3. The van der Waals surface area contributed by atoms with Crippen LogP contribution in [-0.4, -0.2) is 30.2 Å². The molecule has 0 saturated carbocycles. The fourth-order valence-electron chi connectivity index (χ4n) is 2.74. The second-order valence-corrected chi connectivity index (χ2v) is 7.45. The third-order valence-corrected chi connectivity index (χ3v) is 4.59. The smallest absolute Gasteiger partial charge is 0.306 e. The summed E-state index contributed by atoms with van der Waals surface area (Å²) < 4.78 is 10.8. The Kier molecular flexibility index (Phi) is 11.1. The molecule has 2 aromatic rings. The van der Waals surface area contributed by atoms with Crippen LogP contribution in [0.5, 0.6) is 5.75 Å². The van der Waals surface area contributed by atoms with Crippen LogP contribution in [0.1, 0.15) is 44.6 Å². The Bertz CT molecular complexity index is 842. The first-order chi connectivity index (χ1) is 15.1. The number of unbranched alkanes of at least 4 members (excludes halogenated alkanes) is 1. The Balaban J connectivity index is 1.61.